The Morgan fingerprint density at radius 2 is 1.93 bits per heavy atom. The Bertz CT molecular complexity index is 813. The molecule has 1 saturated heterocycles. The van der Waals surface area contributed by atoms with Gasteiger partial charge in [0.25, 0.3) is 0 Å². The smallest absolute Gasteiger partial charge is 0.191 e. The molecule has 2 aromatic rings. The lowest BCUT2D eigenvalue weighted by molar-refractivity contribution is 0.0512. The molecule has 1 fully saturated rings. The second-order valence-electron chi connectivity index (χ2n) is 8.13. The van der Waals surface area contributed by atoms with Crippen molar-refractivity contribution in [2.24, 2.45) is 4.99 Å². The molecule has 0 bridgehead atoms. The van der Waals surface area contributed by atoms with Crippen LogP contribution in [-0.4, -0.2) is 37.4 Å². The van der Waals surface area contributed by atoms with Gasteiger partial charge in [-0.3, -0.25) is 0 Å². The highest BCUT2D eigenvalue weighted by Gasteiger charge is 2.35. The van der Waals surface area contributed by atoms with Crippen molar-refractivity contribution in [1.29, 1.82) is 0 Å². The van der Waals surface area contributed by atoms with Crippen molar-refractivity contribution in [3.63, 3.8) is 0 Å². The first-order valence-corrected chi connectivity index (χ1v) is 10.7. The van der Waals surface area contributed by atoms with Gasteiger partial charge >= 0.3 is 0 Å². The number of nitrogens with zero attached hydrogens (tertiary/aromatic N) is 2. The van der Waals surface area contributed by atoms with Gasteiger partial charge in [0, 0.05) is 37.8 Å². The highest BCUT2D eigenvalue weighted by molar-refractivity contribution is 14.0. The lowest BCUT2D eigenvalue weighted by Crippen LogP contribution is -2.48. The minimum atomic E-state index is 0. The molecule has 2 N–H and O–H groups in total. The van der Waals surface area contributed by atoms with Gasteiger partial charge in [-0.1, -0.05) is 43.3 Å². The molecule has 2 heterocycles. The number of benzene rings is 1. The van der Waals surface area contributed by atoms with Gasteiger partial charge in [0.2, 0.25) is 0 Å². The first-order chi connectivity index (χ1) is 14.0. The van der Waals surface area contributed by atoms with Crippen LogP contribution in [0.15, 0.2) is 39.8 Å². The molecule has 0 atom stereocenters. The Hall–Kier alpha value is -1.61. The lowest BCUT2D eigenvalue weighted by atomic mass is 9.72. The molecule has 0 saturated carbocycles. The van der Waals surface area contributed by atoms with Gasteiger partial charge in [-0.05, 0) is 43.7 Å². The Labute approximate surface area is 197 Å². The van der Waals surface area contributed by atoms with E-state index in [9.17, 15) is 0 Å². The Balaban J connectivity index is 0.00000320. The second kappa shape index (κ2) is 11.7. The summed E-state index contributed by atoms with van der Waals surface area (Å²) in [6, 6.07) is 10.7. The van der Waals surface area contributed by atoms with Crippen molar-refractivity contribution >= 4 is 29.9 Å². The van der Waals surface area contributed by atoms with E-state index in [4.69, 9.17) is 14.3 Å². The van der Waals surface area contributed by atoms with Crippen molar-refractivity contribution in [3.05, 3.63) is 52.9 Å². The minimum Gasteiger partial charge on any atom is -0.381 e. The fourth-order valence-electron chi connectivity index (χ4n) is 3.90. The van der Waals surface area contributed by atoms with Crippen LogP contribution in [0, 0.1) is 6.92 Å². The van der Waals surface area contributed by atoms with Crippen molar-refractivity contribution in [2.75, 3.05) is 26.3 Å². The van der Waals surface area contributed by atoms with E-state index in [1.54, 1.807) is 0 Å². The summed E-state index contributed by atoms with van der Waals surface area (Å²) in [5.74, 6) is 1.94. The molecule has 1 aliphatic rings. The van der Waals surface area contributed by atoms with Gasteiger partial charge in [-0.2, -0.15) is 0 Å². The van der Waals surface area contributed by atoms with Crippen LogP contribution < -0.4 is 10.6 Å². The van der Waals surface area contributed by atoms with Gasteiger partial charge in [0.1, 0.15) is 6.54 Å². The predicted molar refractivity (Wildman–Crippen MR) is 132 cm³/mol. The SMILES string of the molecule is CCNC(=NCc1cc(C(C)C)no1)NCC1(c2ccccc2C)CCOCC1.I. The maximum atomic E-state index is 5.67. The summed E-state index contributed by atoms with van der Waals surface area (Å²) in [6.07, 6.45) is 2.01. The van der Waals surface area contributed by atoms with Crippen molar-refractivity contribution in [2.45, 2.75) is 58.4 Å². The molecule has 6 nitrogen and oxygen atoms in total. The number of aryl methyl sites for hydroxylation is 1. The number of rotatable bonds is 7. The molecule has 0 aliphatic carbocycles. The van der Waals surface area contributed by atoms with Gasteiger partial charge in [0.15, 0.2) is 11.7 Å². The summed E-state index contributed by atoms with van der Waals surface area (Å²) >= 11 is 0. The van der Waals surface area contributed by atoms with Crippen molar-refractivity contribution in [3.8, 4) is 0 Å². The largest absolute Gasteiger partial charge is 0.381 e. The van der Waals surface area contributed by atoms with E-state index in [1.807, 2.05) is 6.07 Å². The highest BCUT2D eigenvalue weighted by Crippen LogP contribution is 2.36. The maximum absolute atomic E-state index is 5.67. The van der Waals surface area contributed by atoms with Gasteiger partial charge in [-0.15, -0.1) is 24.0 Å². The summed E-state index contributed by atoms with van der Waals surface area (Å²) in [4.78, 5) is 4.72. The van der Waals surface area contributed by atoms with E-state index in [2.05, 4.69) is 67.8 Å². The third kappa shape index (κ3) is 6.20. The Morgan fingerprint density at radius 3 is 2.57 bits per heavy atom. The number of nitrogens with one attached hydrogen (secondary N) is 2. The average Bonchev–Trinajstić information content (AvgIpc) is 3.20. The lowest BCUT2D eigenvalue weighted by Gasteiger charge is -2.39. The monoisotopic (exact) mass is 526 g/mol. The van der Waals surface area contributed by atoms with Gasteiger partial charge < -0.3 is 19.9 Å². The fourth-order valence-corrected chi connectivity index (χ4v) is 3.90. The maximum Gasteiger partial charge on any atom is 0.191 e. The topological polar surface area (TPSA) is 71.7 Å². The van der Waals surface area contributed by atoms with E-state index in [1.165, 1.54) is 11.1 Å². The summed E-state index contributed by atoms with van der Waals surface area (Å²) in [5, 5.41) is 11.0. The van der Waals surface area contributed by atoms with Crippen LogP contribution in [0.25, 0.3) is 0 Å². The van der Waals surface area contributed by atoms with Crippen molar-refractivity contribution < 1.29 is 9.26 Å². The zero-order valence-corrected chi connectivity index (χ0v) is 20.9. The van der Waals surface area contributed by atoms with Crippen LogP contribution in [0.1, 0.15) is 62.1 Å². The molecule has 30 heavy (non-hydrogen) atoms. The average molecular weight is 526 g/mol. The van der Waals surface area contributed by atoms with E-state index < -0.39 is 0 Å². The summed E-state index contributed by atoms with van der Waals surface area (Å²) in [7, 11) is 0. The molecule has 0 amide bonds. The van der Waals surface area contributed by atoms with E-state index in [0.29, 0.717) is 12.5 Å². The van der Waals surface area contributed by atoms with Crippen LogP contribution in [-0.2, 0) is 16.7 Å². The van der Waals surface area contributed by atoms with Crippen LogP contribution in [0.4, 0.5) is 0 Å². The zero-order chi connectivity index (χ0) is 20.7. The molecule has 0 spiro atoms. The van der Waals surface area contributed by atoms with E-state index in [-0.39, 0.29) is 29.4 Å². The number of halogens is 1. The number of aromatic nitrogens is 1. The first-order valence-electron chi connectivity index (χ1n) is 10.7. The second-order valence-corrected chi connectivity index (χ2v) is 8.13. The predicted octanol–water partition coefficient (Wildman–Crippen LogP) is 4.53. The van der Waals surface area contributed by atoms with Gasteiger partial charge in [0.05, 0.1) is 5.69 Å². The molecular weight excluding hydrogens is 491 g/mol. The fraction of sp³-hybridized carbons (Fsp3) is 0.565. The van der Waals surface area contributed by atoms with E-state index in [0.717, 1.165) is 56.6 Å². The van der Waals surface area contributed by atoms with Crippen LogP contribution in [0.5, 0.6) is 0 Å². The molecule has 0 radical (unpaired) electrons. The summed E-state index contributed by atoms with van der Waals surface area (Å²) in [5.41, 5.74) is 3.76. The Kier molecular flexibility index (Phi) is 9.61. The number of hydrogen-bond donors (Lipinski definition) is 2. The highest BCUT2D eigenvalue weighted by atomic mass is 127. The van der Waals surface area contributed by atoms with Crippen LogP contribution in [0.2, 0.25) is 0 Å². The quantitative estimate of drug-likeness (QED) is 0.315. The standard InChI is InChI=1S/C23H34N4O2.HI/c1-5-24-22(25-15-19-14-21(17(2)3)27-29-19)26-16-23(10-12-28-13-11-23)20-9-7-6-8-18(20)4;/h6-9,14,17H,5,10-13,15-16H2,1-4H3,(H2,24,25,26);1H. The molecule has 1 aliphatic heterocycles. The number of guanidine groups is 1. The Morgan fingerprint density at radius 1 is 1.20 bits per heavy atom. The van der Waals surface area contributed by atoms with Crippen LogP contribution in [0.3, 0.4) is 0 Å². The summed E-state index contributed by atoms with van der Waals surface area (Å²) < 4.78 is 11.1. The minimum absolute atomic E-state index is 0. The molecule has 1 aromatic heterocycles. The number of hydrogen-bond acceptors (Lipinski definition) is 4. The third-order valence-corrected chi connectivity index (χ3v) is 5.67. The number of aliphatic imine (C=N–C) groups is 1. The molecule has 3 rings (SSSR count). The first kappa shape index (κ1) is 24.7. The summed E-state index contributed by atoms with van der Waals surface area (Å²) in [6.45, 7) is 12.2. The van der Waals surface area contributed by atoms with E-state index >= 15 is 0 Å². The van der Waals surface area contributed by atoms with Crippen LogP contribution >= 0.6 is 24.0 Å². The molecular formula is C23H35IN4O2. The number of ether oxygens (including phenoxy) is 1. The molecule has 7 heteroatoms. The molecule has 1 aromatic carbocycles. The van der Waals surface area contributed by atoms with Crippen molar-refractivity contribution in [1.82, 2.24) is 15.8 Å². The van der Waals surface area contributed by atoms with Gasteiger partial charge in [-0.25, -0.2) is 4.99 Å². The molecule has 0 unspecified atom stereocenters. The zero-order valence-electron chi connectivity index (χ0n) is 18.5. The normalized spacial score (nSPS) is 16.2. The molecule has 166 valence electrons. The third-order valence-electron chi connectivity index (χ3n) is 5.67.